The van der Waals surface area contributed by atoms with E-state index in [0.717, 1.165) is 62.0 Å². The first kappa shape index (κ1) is 37.2. The van der Waals surface area contributed by atoms with Crippen molar-refractivity contribution < 1.29 is 37.1 Å². The second kappa shape index (κ2) is 16.1. The summed E-state index contributed by atoms with van der Waals surface area (Å²) in [6.07, 6.45) is 3.16. The lowest BCUT2D eigenvalue weighted by Gasteiger charge is -2.52. The molecule has 3 aromatic rings. The summed E-state index contributed by atoms with van der Waals surface area (Å²) in [5, 5.41) is 2.66. The highest BCUT2D eigenvalue weighted by Crippen LogP contribution is 2.39. The van der Waals surface area contributed by atoms with Gasteiger partial charge < -0.3 is 24.8 Å². The molecule has 4 aliphatic rings. The van der Waals surface area contributed by atoms with Crippen molar-refractivity contribution in [1.82, 2.24) is 24.9 Å². The number of likely N-dealkylation sites (tertiary alicyclic amines) is 3. The molecular formula is C41H44F3N5O5. The second-order valence-corrected chi connectivity index (χ2v) is 14.3. The third-order valence-electron chi connectivity index (χ3n) is 11.0. The molecule has 1 N–H and O–H groups in total. The van der Waals surface area contributed by atoms with Crippen LogP contribution in [0.5, 0.6) is 0 Å². The molecule has 4 fully saturated rings. The Labute approximate surface area is 312 Å². The van der Waals surface area contributed by atoms with Crippen LogP contribution in [0, 0.1) is 0 Å². The largest absolute Gasteiger partial charge is 0.447 e. The predicted molar refractivity (Wildman–Crippen MR) is 194 cm³/mol. The summed E-state index contributed by atoms with van der Waals surface area (Å²) < 4.78 is 46.0. The van der Waals surface area contributed by atoms with Crippen LogP contribution in [0.15, 0.2) is 91.0 Å². The van der Waals surface area contributed by atoms with Crippen molar-refractivity contribution in [2.75, 3.05) is 32.8 Å². The summed E-state index contributed by atoms with van der Waals surface area (Å²) in [4.78, 5) is 63.3. The van der Waals surface area contributed by atoms with E-state index in [2.05, 4.69) is 10.2 Å². The zero-order valence-electron chi connectivity index (χ0n) is 29.9. The molecule has 3 aromatic carbocycles. The fraction of sp³-hybridized carbons (Fsp3) is 0.415. The summed E-state index contributed by atoms with van der Waals surface area (Å²) in [5.41, 5.74) is 0.889. The number of piperidine rings is 2. The minimum atomic E-state index is -4.58. The lowest BCUT2D eigenvalue weighted by Crippen LogP contribution is -2.76. The molecule has 0 saturated carbocycles. The van der Waals surface area contributed by atoms with E-state index in [-0.39, 0.29) is 18.7 Å². The van der Waals surface area contributed by atoms with Crippen LogP contribution in [-0.2, 0) is 31.8 Å². The Hall–Kier alpha value is -5.17. The van der Waals surface area contributed by atoms with Gasteiger partial charge in [-0.25, -0.2) is 4.79 Å². The third kappa shape index (κ3) is 7.87. The molecule has 0 spiro atoms. The van der Waals surface area contributed by atoms with Crippen molar-refractivity contribution in [3.05, 3.63) is 113 Å². The van der Waals surface area contributed by atoms with Crippen molar-refractivity contribution in [2.45, 2.75) is 75.0 Å². The number of nitrogens with zero attached hydrogens (tertiary/aromatic N) is 4. The summed E-state index contributed by atoms with van der Waals surface area (Å²) in [6.45, 7) is 2.54. The number of hydrogen-bond acceptors (Lipinski definition) is 6. The second-order valence-electron chi connectivity index (χ2n) is 14.3. The Balaban J connectivity index is 1.20. The Morgan fingerprint density at radius 2 is 1.56 bits per heavy atom. The van der Waals surface area contributed by atoms with Crippen molar-refractivity contribution in [3.63, 3.8) is 0 Å². The molecule has 10 nitrogen and oxygen atoms in total. The van der Waals surface area contributed by atoms with Crippen LogP contribution in [0.25, 0.3) is 6.08 Å². The Kier molecular flexibility index (Phi) is 11.0. The number of carbonyl (C=O) groups is 4. The molecule has 7 rings (SSSR count). The molecule has 0 aliphatic carbocycles. The van der Waals surface area contributed by atoms with Crippen molar-refractivity contribution in [3.8, 4) is 0 Å². The van der Waals surface area contributed by atoms with Crippen LogP contribution < -0.4 is 5.32 Å². The smallest absolute Gasteiger partial charge is 0.416 e. The predicted octanol–water partition coefficient (Wildman–Crippen LogP) is 5.65. The molecule has 0 radical (unpaired) electrons. The molecule has 4 heterocycles. The molecular weight excluding hydrogens is 699 g/mol. The van der Waals surface area contributed by atoms with Gasteiger partial charge in [0.2, 0.25) is 5.91 Å². The first-order chi connectivity index (χ1) is 26.1. The molecule has 4 atom stereocenters. The number of alkyl halides is 3. The van der Waals surface area contributed by atoms with Gasteiger partial charge in [0.15, 0.2) is 6.04 Å². The standard InChI is InChI=1S/C41H44F3N5O5/c42-41(43,44)31-16-10-13-29(25-31)26-45-37(50)36(38(51)47-23-19-32(20-24-47)46-21-8-3-9-22-46)48-33(18-17-28-11-4-1-5-12-28)35(39(48)52)49-34(27-54-40(49)53)30-14-6-2-7-15-30/h1-2,4-7,10-18,25,32-36H,3,8-9,19-24,26-27H2,(H,45,50)/b18-17+/t33-,34-,35+,36?/m1/s1. The Morgan fingerprint density at radius 3 is 2.24 bits per heavy atom. The summed E-state index contributed by atoms with van der Waals surface area (Å²) in [6, 6.07) is 19.2. The fourth-order valence-corrected chi connectivity index (χ4v) is 8.15. The molecule has 4 amide bonds. The molecule has 54 heavy (non-hydrogen) atoms. The Bertz CT molecular complexity index is 1840. The maximum Gasteiger partial charge on any atom is 0.416 e. The van der Waals surface area contributed by atoms with E-state index in [9.17, 15) is 32.3 Å². The highest BCUT2D eigenvalue weighted by atomic mass is 19.4. The van der Waals surface area contributed by atoms with Gasteiger partial charge in [0.25, 0.3) is 11.8 Å². The first-order valence-corrected chi connectivity index (χ1v) is 18.6. The number of benzene rings is 3. The minimum absolute atomic E-state index is 0.0214. The lowest BCUT2D eigenvalue weighted by atomic mass is 9.87. The van der Waals surface area contributed by atoms with E-state index in [1.165, 1.54) is 28.4 Å². The van der Waals surface area contributed by atoms with Crippen LogP contribution in [0.1, 0.15) is 60.4 Å². The van der Waals surface area contributed by atoms with E-state index < -0.39 is 59.7 Å². The van der Waals surface area contributed by atoms with Gasteiger partial charge >= 0.3 is 12.3 Å². The number of β-lactam (4-membered cyclic amide) rings is 1. The monoisotopic (exact) mass is 743 g/mol. The highest BCUT2D eigenvalue weighted by Gasteiger charge is 2.60. The average Bonchev–Trinajstić information content (AvgIpc) is 3.57. The SMILES string of the molecule is O=C(NCc1cccc(C(F)(F)F)c1)C(C(=O)N1CCC(N2CCCCC2)CC1)N1C(=O)[C@@H](N2C(=O)OC[C@@H]2c2ccccc2)[C@H]1/C=C/c1ccccc1. The lowest BCUT2D eigenvalue weighted by molar-refractivity contribution is -0.169. The van der Waals surface area contributed by atoms with Gasteiger partial charge in [0.05, 0.1) is 17.6 Å². The average molecular weight is 744 g/mol. The minimum Gasteiger partial charge on any atom is -0.447 e. The molecule has 1 unspecified atom stereocenters. The number of cyclic esters (lactones) is 1. The fourth-order valence-electron chi connectivity index (χ4n) is 8.15. The van der Waals surface area contributed by atoms with Crippen molar-refractivity contribution in [1.29, 1.82) is 0 Å². The number of hydrogen-bond donors (Lipinski definition) is 1. The number of halogens is 3. The number of rotatable bonds is 10. The van der Waals surface area contributed by atoms with Crippen LogP contribution in [0.3, 0.4) is 0 Å². The highest BCUT2D eigenvalue weighted by molar-refractivity contribution is 6.09. The molecule has 284 valence electrons. The van der Waals surface area contributed by atoms with E-state index in [1.54, 1.807) is 17.1 Å². The van der Waals surface area contributed by atoms with Crippen molar-refractivity contribution in [2.24, 2.45) is 0 Å². The molecule has 13 heteroatoms. The number of ether oxygens (including phenoxy) is 1. The van der Waals surface area contributed by atoms with E-state index in [1.807, 2.05) is 60.7 Å². The van der Waals surface area contributed by atoms with Gasteiger partial charge in [-0.2, -0.15) is 13.2 Å². The molecule has 0 aromatic heterocycles. The van der Waals surface area contributed by atoms with E-state index in [0.29, 0.717) is 19.1 Å². The topological polar surface area (TPSA) is 103 Å². The van der Waals surface area contributed by atoms with Crippen LogP contribution in [0.2, 0.25) is 0 Å². The summed E-state index contributed by atoms with van der Waals surface area (Å²) in [7, 11) is 0. The number of nitrogens with one attached hydrogen (secondary N) is 1. The van der Waals surface area contributed by atoms with Gasteiger partial charge in [-0.05, 0) is 67.6 Å². The maximum absolute atomic E-state index is 14.6. The van der Waals surface area contributed by atoms with Gasteiger partial charge in [-0.3, -0.25) is 19.3 Å². The van der Waals surface area contributed by atoms with E-state index in [4.69, 9.17) is 4.74 Å². The molecule has 4 saturated heterocycles. The van der Waals surface area contributed by atoms with Crippen LogP contribution in [-0.4, -0.2) is 100 Å². The quantitative estimate of drug-likeness (QED) is 0.213. The maximum atomic E-state index is 14.6. The zero-order chi connectivity index (χ0) is 37.8. The van der Waals surface area contributed by atoms with Crippen molar-refractivity contribution >= 4 is 29.9 Å². The van der Waals surface area contributed by atoms with Gasteiger partial charge in [-0.15, -0.1) is 0 Å². The van der Waals surface area contributed by atoms with Gasteiger partial charge in [0.1, 0.15) is 12.6 Å². The number of carbonyl (C=O) groups excluding carboxylic acids is 4. The summed E-state index contributed by atoms with van der Waals surface area (Å²) >= 11 is 0. The molecule has 0 bridgehead atoms. The van der Waals surface area contributed by atoms with Gasteiger partial charge in [-0.1, -0.05) is 91.4 Å². The van der Waals surface area contributed by atoms with Gasteiger partial charge in [0, 0.05) is 25.7 Å². The zero-order valence-corrected chi connectivity index (χ0v) is 29.9. The van der Waals surface area contributed by atoms with E-state index >= 15 is 0 Å². The van der Waals surface area contributed by atoms with Crippen LogP contribution in [0.4, 0.5) is 18.0 Å². The summed E-state index contributed by atoms with van der Waals surface area (Å²) in [5.74, 6) is -1.99. The van der Waals surface area contributed by atoms with Crippen LogP contribution >= 0.6 is 0 Å². The Morgan fingerprint density at radius 1 is 0.870 bits per heavy atom. The molecule has 4 aliphatic heterocycles. The first-order valence-electron chi connectivity index (χ1n) is 18.6. The third-order valence-corrected chi connectivity index (χ3v) is 11.0. The normalized spacial score (nSPS) is 23.3. The number of amides is 4.